The first kappa shape index (κ1) is 17.5. The highest BCUT2D eigenvalue weighted by Crippen LogP contribution is 2.37. The van der Waals surface area contributed by atoms with Gasteiger partial charge in [0.25, 0.3) is 0 Å². The molecule has 0 bridgehead atoms. The maximum absolute atomic E-state index is 11.3. The number of benzene rings is 2. The number of ether oxygens (including phenoxy) is 1. The molecule has 2 rings (SSSR count). The monoisotopic (exact) mass is 328 g/mol. The molecular formula is C19H20O5. The molecule has 0 aliphatic heterocycles. The summed E-state index contributed by atoms with van der Waals surface area (Å²) in [6.45, 7) is 0. The van der Waals surface area contributed by atoms with Gasteiger partial charge < -0.3 is 14.9 Å². The standard InChI is InChI=1S/C19H20O5/c1-24-16-9-5-8-14(10-16)19(13-6-3-2-4-7-13)15(11-17(20)21)12-18(22)23/h2-10,15,19H,11-12H2,1H3,(H,20,21)(H,22,23)/t19-/m0/s1. The van der Waals surface area contributed by atoms with E-state index >= 15 is 0 Å². The van der Waals surface area contributed by atoms with Crippen molar-refractivity contribution >= 4 is 11.9 Å². The summed E-state index contributed by atoms with van der Waals surface area (Å²) in [6.07, 6.45) is -0.438. The molecule has 0 amide bonds. The Balaban J connectivity index is 2.51. The predicted molar refractivity (Wildman–Crippen MR) is 89.3 cm³/mol. The van der Waals surface area contributed by atoms with Crippen LogP contribution in [0.15, 0.2) is 54.6 Å². The quantitative estimate of drug-likeness (QED) is 0.776. The molecule has 5 heteroatoms. The van der Waals surface area contributed by atoms with Gasteiger partial charge in [0.15, 0.2) is 0 Å². The third-order valence-electron chi connectivity index (χ3n) is 3.96. The molecule has 2 N–H and O–H groups in total. The Morgan fingerprint density at radius 2 is 1.50 bits per heavy atom. The average molecular weight is 328 g/mol. The zero-order valence-corrected chi connectivity index (χ0v) is 13.4. The minimum absolute atomic E-state index is 0.219. The molecule has 0 spiro atoms. The molecule has 0 radical (unpaired) electrons. The number of methoxy groups -OCH3 is 1. The summed E-state index contributed by atoms with van der Waals surface area (Å²) in [5.41, 5.74) is 1.73. The van der Waals surface area contributed by atoms with Crippen molar-refractivity contribution in [3.05, 3.63) is 65.7 Å². The van der Waals surface area contributed by atoms with Crippen LogP contribution in [0.3, 0.4) is 0 Å². The molecule has 126 valence electrons. The van der Waals surface area contributed by atoms with Gasteiger partial charge in [0.2, 0.25) is 0 Å². The SMILES string of the molecule is COc1cccc([C@H](c2ccccc2)C(CC(=O)O)CC(=O)O)c1. The highest BCUT2D eigenvalue weighted by Gasteiger charge is 2.29. The zero-order valence-electron chi connectivity index (χ0n) is 13.4. The van der Waals surface area contributed by atoms with Crippen LogP contribution in [0.1, 0.15) is 29.9 Å². The number of carbonyl (C=O) groups is 2. The van der Waals surface area contributed by atoms with Crippen molar-refractivity contribution in [1.29, 1.82) is 0 Å². The third kappa shape index (κ3) is 4.59. The molecule has 2 aromatic carbocycles. The van der Waals surface area contributed by atoms with E-state index in [1.54, 1.807) is 13.2 Å². The summed E-state index contributed by atoms with van der Waals surface area (Å²) in [7, 11) is 1.56. The molecule has 1 atom stereocenters. The Bertz CT molecular complexity index is 680. The Labute approximate surface area is 140 Å². The fraction of sp³-hybridized carbons (Fsp3) is 0.263. The summed E-state index contributed by atoms with van der Waals surface area (Å²) < 4.78 is 5.25. The lowest BCUT2D eigenvalue weighted by atomic mass is 9.77. The van der Waals surface area contributed by atoms with E-state index < -0.39 is 17.9 Å². The molecule has 0 aliphatic rings. The van der Waals surface area contributed by atoms with Crippen LogP contribution < -0.4 is 4.74 Å². The first-order chi connectivity index (χ1) is 11.5. The Kier molecular flexibility index (Phi) is 5.95. The zero-order chi connectivity index (χ0) is 17.5. The van der Waals surface area contributed by atoms with Crippen LogP contribution in [0.5, 0.6) is 5.75 Å². The smallest absolute Gasteiger partial charge is 0.303 e. The molecule has 0 unspecified atom stereocenters. The fourth-order valence-corrected chi connectivity index (χ4v) is 2.99. The third-order valence-corrected chi connectivity index (χ3v) is 3.96. The van der Waals surface area contributed by atoms with Gasteiger partial charge in [-0.1, -0.05) is 42.5 Å². The van der Waals surface area contributed by atoms with Gasteiger partial charge >= 0.3 is 11.9 Å². The Hall–Kier alpha value is -2.82. The van der Waals surface area contributed by atoms with E-state index in [0.717, 1.165) is 11.1 Å². The molecule has 5 nitrogen and oxygen atoms in total. The number of hydrogen-bond acceptors (Lipinski definition) is 3. The second kappa shape index (κ2) is 8.15. The Morgan fingerprint density at radius 3 is 2.04 bits per heavy atom. The maximum Gasteiger partial charge on any atom is 0.303 e. The van der Waals surface area contributed by atoms with Crippen LogP contribution in [0.25, 0.3) is 0 Å². The molecule has 24 heavy (non-hydrogen) atoms. The number of rotatable bonds is 8. The molecule has 0 saturated heterocycles. The van der Waals surface area contributed by atoms with Gasteiger partial charge in [-0.05, 0) is 29.2 Å². The van der Waals surface area contributed by atoms with E-state index in [1.165, 1.54) is 0 Å². The van der Waals surface area contributed by atoms with E-state index in [9.17, 15) is 19.8 Å². The molecule has 2 aromatic rings. The van der Waals surface area contributed by atoms with Crippen molar-refractivity contribution in [1.82, 2.24) is 0 Å². The molecule has 0 heterocycles. The predicted octanol–water partition coefficient (Wildman–Crippen LogP) is 3.39. The highest BCUT2D eigenvalue weighted by molar-refractivity contribution is 5.71. The highest BCUT2D eigenvalue weighted by atomic mass is 16.5. The van der Waals surface area contributed by atoms with Crippen LogP contribution in [0, 0.1) is 5.92 Å². The van der Waals surface area contributed by atoms with Gasteiger partial charge in [-0.25, -0.2) is 0 Å². The molecule has 0 saturated carbocycles. The number of hydrogen-bond donors (Lipinski definition) is 2. The van der Waals surface area contributed by atoms with Crippen molar-refractivity contribution in [2.24, 2.45) is 5.92 Å². The summed E-state index contributed by atoms with van der Waals surface area (Å²) in [5, 5.41) is 18.4. The largest absolute Gasteiger partial charge is 0.497 e. The number of carboxylic acids is 2. The van der Waals surface area contributed by atoms with Crippen molar-refractivity contribution in [3.8, 4) is 5.75 Å². The average Bonchev–Trinajstić information content (AvgIpc) is 2.55. The first-order valence-electron chi connectivity index (χ1n) is 7.63. The van der Waals surface area contributed by atoms with Crippen molar-refractivity contribution in [2.45, 2.75) is 18.8 Å². The van der Waals surface area contributed by atoms with Crippen LogP contribution >= 0.6 is 0 Å². The van der Waals surface area contributed by atoms with Gasteiger partial charge in [-0.3, -0.25) is 9.59 Å². The van der Waals surface area contributed by atoms with Gasteiger partial charge in [0.1, 0.15) is 5.75 Å². The second-order valence-electron chi connectivity index (χ2n) is 5.62. The van der Waals surface area contributed by atoms with Crippen molar-refractivity contribution < 1.29 is 24.5 Å². The maximum atomic E-state index is 11.3. The van der Waals surface area contributed by atoms with Crippen molar-refractivity contribution in [2.75, 3.05) is 7.11 Å². The summed E-state index contributed by atoms with van der Waals surface area (Å²) in [5.74, 6) is -2.27. The Morgan fingerprint density at radius 1 is 0.917 bits per heavy atom. The van der Waals surface area contributed by atoms with Crippen LogP contribution in [-0.4, -0.2) is 29.3 Å². The normalized spacial score (nSPS) is 11.9. The molecular weight excluding hydrogens is 308 g/mol. The van der Waals surface area contributed by atoms with Crippen molar-refractivity contribution in [3.63, 3.8) is 0 Å². The minimum Gasteiger partial charge on any atom is -0.497 e. The minimum atomic E-state index is -1.01. The van der Waals surface area contributed by atoms with Gasteiger partial charge in [-0.15, -0.1) is 0 Å². The molecule has 0 aliphatic carbocycles. The van der Waals surface area contributed by atoms with Crippen LogP contribution in [0.4, 0.5) is 0 Å². The lowest BCUT2D eigenvalue weighted by molar-refractivity contribution is -0.140. The van der Waals surface area contributed by atoms with E-state index in [0.29, 0.717) is 5.75 Å². The molecule has 0 aromatic heterocycles. The lowest BCUT2D eigenvalue weighted by Crippen LogP contribution is -2.21. The lowest BCUT2D eigenvalue weighted by Gasteiger charge is -2.26. The summed E-state index contributed by atoms with van der Waals surface area (Å²) in [6, 6.07) is 16.7. The van der Waals surface area contributed by atoms with E-state index in [2.05, 4.69) is 0 Å². The van der Waals surface area contributed by atoms with Crippen LogP contribution in [0.2, 0.25) is 0 Å². The number of carboxylic acid groups (broad SMARTS) is 2. The second-order valence-corrected chi connectivity index (χ2v) is 5.62. The molecule has 0 fully saturated rings. The first-order valence-corrected chi connectivity index (χ1v) is 7.63. The fourth-order valence-electron chi connectivity index (χ4n) is 2.99. The summed E-state index contributed by atoms with van der Waals surface area (Å²) >= 11 is 0. The van der Waals surface area contributed by atoms with Crippen LogP contribution in [-0.2, 0) is 9.59 Å². The summed E-state index contributed by atoms with van der Waals surface area (Å²) in [4.78, 5) is 22.5. The topological polar surface area (TPSA) is 83.8 Å². The van der Waals surface area contributed by atoms with Gasteiger partial charge in [-0.2, -0.15) is 0 Å². The van der Waals surface area contributed by atoms with Gasteiger partial charge in [0, 0.05) is 18.8 Å². The van der Waals surface area contributed by atoms with E-state index in [-0.39, 0.29) is 18.8 Å². The van der Waals surface area contributed by atoms with Gasteiger partial charge in [0.05, 0.1) is 7.11 Å². The van der Waals surface area contributed by atoms with E-state index in [4.69, 9.17) is 4.74 Å². The van der Waals surface area contributed by atoms with E-state index in [1.807, 2.05) is 48.5 Å². The number of aliphatic carboxylic acids is 2.